The van der Waals surface area contributed by atoms with Crippen molar-refractivity contribution in [3.05, 3.63) is 22.7 Å². The van der Waals surface area contributed by atoms with Crippen molar-refractivity contribution >= 4 is 5.82 Å². The molecule has 0 unspecified atom stereocenters. The molecule has 1 heterocycles. The highest BCUT2D eigenvalue weighted by molar-refractivity contribution is 5.34. The van der Waals surface area contributed by atoms with Crippen molar-refractivity contribution in [1.29, 1.82) is 0 Å². The average Bonchev–Trinajstić information content (AvgIpc) is 2.20. The van der Waals surface area contributed by atoms with Crippen LogP contribution < -0.4 is 10.9 Å². The highest BCUT2D eigenvalue weighted by Crippen LogP contribution is 2.09. The molecule has 1 aromatic heterocycles. The van der Waals surface area contributed by atoms with E-state index in [1.165, 1.54) is 0 Å². The van der Waals surface area contributed by atoms with E-state index in [1.807, 2.05) is 13.8 Å². The zero-order chi connectivity index (χ0) is 12.3. The Kier molecular flexibility index (Phi) is 3.70. The molecule has 0 spiro atoms. The van der Waals surface area contributed by atoms with Crippen molar-refractivity contribution < 1.29 is 5.11 Å². The van der Waals surface area contributed by atoms with Gasteiger partial charge >= 0.3 is 0 Å². The van der Waals surface area contributed by atoms with Crippen LogP contribution in [0.3, 0.4) is 0 Å². The Hall–Kier alpha value is -1.36. The fraction of sp³-hybridized carbons (Fsp3) is 0.636. The summed E-state index contributed by atoms with van der Waals surface area (Å²) in [4.78, 5) is 16.0. The molecule has 0 saturated carbocycles. The van der Waals surface area contributed by atoms with Gasteiger partial charge in [-0.05, 0) is 27.7 Å². The first-order valence-electron chi connectivity index (χ1n) is 5.33. The van der Waals surface area contributed by atoms with E-state index in [0.717, 1.165) is 0 Å². The van der Waals surface area contributed by atoms with Gasteiger partial charge in [0, 0.05) is 18.4 Å². The molecule has 1 rings (SSSR count). The SMILES string of the molecule is CC(C)n1ccnc(NC(C)(C)CO)c1=O. The number of hydrogen-bond acceptors (Lipinski definition) is 4. The first-order chi connectivity index (χ1) is 7.37. The lowest BCUT2D eigenvalue weighted by atomic mass is 10.1. The van der Waals surface area contributed by atoms with Gasteiger partial charge < -0.3 is 15.0 Å². The highest BCUT2D eigenvalue weighted by Gasteiger charge is 2.18. The molecular formula is C11H19N3O2. The van der Waals surface area contributed by atoms with Crippen molar-refractivity contribution in [2.24, 2.45) is 0 Å². The maximum absolute atomic E-state index is 12.0. The smallest absolute Gasteiger partial charge is 0.293 e. The second-order valence-corrected chi connectivity index (χ2v) is 4.75. The van der Waals surface area contributed by atoms with Gasteiger partial charge in [-0.25, -0.2) is 4.98 Å². The molecule has 0 aliphatic rings. The third-order valence-electron chi connectivity index (χ3n) is 2.28. The van der Waals surface area contributed by atoms with Crippen LogP contribution in [0.4, 0.5) is 5.82 Å². The van der Waals surface area contributed by atoms with E-state index in [-0.39, 0.29) is 24.0 Å². The zero-order valence-corrected chi connectivity index (χ0v) is 10.2. The third kappa shape index (κ3) is 2.82. The Balaban J connectivity index is 3.08. The van der Waals surface area contributed by atoms with E-state index < -0.39 is 5.54 Å². The molecule has 0 saturated heterocycles. The Morgan fingerprint density at radius 2 is 2.19 bits per heavy atom. The number of rotatable bonds is 4. The maximum Gasteiger partial charge on any atom is 0.293 e. The molecule has 1 aromatic rings. The number of nitrogens with zero attached hydrogens (tertiary/aromatic N) is 2. The highest BCUT2D eigenvalue weighted by atomic mass is 16.3. The molecule has 2 N–H and O–H groups in total. The quantitative estimate of drug-likeness (QED) is 0.802. The van der Waals surface area contributed by atoms with Gasteiger partial charge in [0.1, 0.15) is 0 Å². The second kappa shape index (κ2) is 4.65. The lowest BCUT2D eigenvalue weighted by Crippen LogP contribution is -2.39. The van der Waals surface area contributed by atoms with Crippen LogP contribution in [0.25, 0.3) is 0 Å². The van der Waals surface area contributed by atoms with E-state index >= 15 is 0 Å². The van der Waals surface area contributed by atoms with Crippen molar-refractivity contribution in [3.8, 4) is 0 Å². The molecule has 0 aliphatic carbocycles. The number of anilines is 1. The Morgan fingerprint density at radius 1 is 1.56 bits per heavy atom. The molecule has 0 atom stereocenters. The molecule has 5 heteroatoms. The van der Waals surface area contributed by atoms with E-state index in [0.29, 0.717) is 0 Å². The molecule has 90 valence electrons. The van der Waals surface area contributed by atoms with Crippen LogP contribution in [0.15, 0.2) is 17.2 Å². The first-order valence-corrected chi connectivity index (χ1v) is 5.33. The summed E-state index contributed by atoms with van der Waals surface area (Å²) in [5.41, 5.74) is -0.721. The predicted molar refractivity (Wildman–Crippen MR) is 63.7 cm³/mol. The number of aliphatic hydroxyl groups excluding tert-OH is 1. The van der Waals surface area contributed by atoms with Crippen LogP contribution in [-0.2, 0) is 0 Å². The lowest BCUT2D eigenvalue weighted by Gasteiger charge is -2.24. The normalized spacial score (nSPS) is 11.9. The fourth-order valence-corrected chi connectivity index (χ4v) is 1.28. The predicted octanol–water partition coefficient (Wildman–Crippen LogP) is 1.01. The van der Waals surface area contributed by atoms with Crippen molar-refractivity contribution in [1.82, 2.24) is 9.55 Å². The van der Waals surface area contributed by atoms with Crippen molar-refractivity contribution in [3.63, 3.8) is 0 Å². The van der Waals surface area contributed by atoms with Gasteiger partial charge in [0.25, 0.3) is 5.56 Å². The second-order valence-electron chi connectivity index (χ2n) is 4.75. The van der Waals surface area contributed by atoms with Gasteiger partial charge in [-0.15, -0.1) is 0 Å². The minimum absolute atomic E-state index is 0.0648. The Morgan fingerprint density at radius 3 is 2.69 bits per heavy atom. The molecule has 0 fully saturated rings. The summed E-state index contributed by atoms with van der Waals surface area (Å²) in [6.45, 7) is 7.41. The summed E-state index contributed by atoms with van der Waals surface area (Å²) in [6, 6.07) is 0.0910. The molecule has 16 heavy (non-hydrogen) atoms. The summed E-state index contributed by atoms with van der Waals surface area (Å²) in [5, 5.41) is 12.1. The van der Waals surface area contributed by atoms with E-state index in [4.69, 9.17) is 5.11 Å². The Bertz CT molecular complexity index is 410. The van der Waals surface area contributed by atoms with E-state index in [9.17, 15) is 4.79 Å². The summed E-state index contributed by atoms with van der Waals surface area (Å²) >= 11 is 0. The Labute approximate surface area is 95.1 Å². The number of hydrogen-bond donors (Lipinski definition) is 2. The van der Waals surface area contributed by atoms with Crippen molar-refractivity contribution in [2.75, 3.05) is 11.9 Å². The van der Waals surface area contributed by atoms with Crippen LogP contribution in [-0.4, -0.2) is 26.8 Å². The van der Waals surface area contributed by atoms with Crippen LogP contribution in [0.1, 0.15) is 33.7 Å². The monoisotopic (exact) mass is 225 g/mol. The topological polar surface area (TPSA) is 67.2 Å². The summed E-state index contributed by atoms with van der Waals surface area (Å²) < 4.78 is 1.60. The molecule has 5 nitrogen and oxygen atoms in total. The minimum Gasteiger partial charge on any atom is -0.394 e. The van der Waals surface area contributed by atoms with Gasteiger partial charge in [-0.1, -0.05) is 0 Å². The van der Waals surface area contributed by atoms with Crippen LogP contribution in [0.2, 0.25) is 0 Å². The van der Waals surface area contributed by atoms with Crippen LogP contribution in [0.5, 0.6) is 0 Å². The van der Waals surface area contributed by atoms with Gasteiger partial charge in [-0.3, -0.25) is 4.79 Å². The zero-order valence-electron chi connectivity index (χ0n) is 10.2. The first kappa shape index (κ1) is 12.7. The van der Waals surface area contributed by atoms with Gasteiger partial charge in [-0.2, -0.15) is 0 Å². The molecule has 0 amide bonds. The van der Waals surface area contributed by atoms with E-state index in [2.05, 4.69) is 10.3 Å². The van der Waals surface area contributed by atoms with Gasteiger partial charge in [0.2, 0.25) is 0 Å². The summed E-state index contributed by atoms with van der Waals surface area (Å²) in [6.07, 6.45) is 3.24. The lowest BCUT2D eigenvalue weighted by molar-refractivity contribution is 0.233. The van der Waals surface area contributed by atoms with Crippen molar-refractivity contribution in [2.45, 2.75) is 39.3 Å². The molecule has 0 radical (unpaired) electrons. The summed E-state index contributed by atoms with van der Waals surface area (Å²) in [7, 11) is 0. The number of aliphatic hydroxyl groups is 1. The molecule has 0 aliphatic heterocycles. The third-order valence-corrected chi connectivity index (χ3v) is 2.28. The average molecular weight is 225 g/mol. The standard InChI is InChI=1S/C11H19N3O2/c1-8(2)14-6-5-12-9(10(14)16)13-11(3,4)7-15/h5-6,8,15H,7H2,1-4H3,(H,12,13). The van der Waals surface area contributed by atoms with Crippen LogP contribution in [0, 0.1) is 0 Å². The number of aromatic nitrogens is 2. The fourth-order valence-electron chi connectivity index (χ4n) is 1.28. The largest absolute Gasteiger partial charge is 0.394 e. The minimum atomic E-state index is -0.553. The molecular weight excluding hydrogens is 206 g/mol. The summed E-state index contributed by atoms with van der Waals surface area (Å²) in [5.74, 6) is 0.273. The number of nitrogens with one attached hydrogen (secondary N) is 1. The molecule has 0 bridgehead atoms. The maximum atomic E-state index is 12.0. The molecule has 0 aromatic carbocycles. The van der Waals surface area contributed by atoms with Gasteiger partial charge in [0.05, 0.1) is 12.1 Å². The van der Waals surface area contributed by atoms with Crippen LogP contribution >= 0.6 is 0 Å². The van der Waals surface area contributed by atoms with Gasteiger partial charge in [0.15, 0.2) is 5.82 Å². The van der Waals surface area contributed by atoms with E-state index in [1.54, 1.807) is 30.8 Å².